The van der Waals surface area contributed by atoms with Crippen LogP contribution in [-0.4, -0.2) is 48.8 Å². The molecule has 1 aliphatic rings. The Balaban J connectivity index is 2.61. The Labute approximate surface area is 105 Å². The van der Waals surface area contributed by atoms with Crippen molar-refractivity contribution in [2.75, 3.05) is 13.1 Å². The molecule has 0 spiro atoms. The van der Waals surface area contributed by atoms with Crippen LogP contribution in [0.5, 0.6) is 0 Å². The molecular formula is C9H17N3O5S. The van der Waals surface area contributed by atoms with Crippen LogP contribution in [0.3, 0.4) is 0 Å². The van der Waals surface area contributed by atoms with E-state index in [0.717, 1.165) is 4.31 Å². The number of primary amides is 1. The zero-order valence-electron chi connectivity index (χ0n) is 10.00. The Kier molecular flexibility index (Phi) is 4.65. The monoisotopic (exact) mass is 279 g/mol. The number of carbonyl (C=O) groups excluding carboxylic acids is 1. The minimum absolute atomic E-state index is 0.123. The molecule has 0 aliphatic carbocycles. The third-order valence-electron chi connectivity index (χ3n) is 2.90. The summed E-state index contributed by atoms with van der Waals surface area (Å²) in [5, 5.41) is 8.80. The lowest BCUT2D eigenvalue weighted by Crippen LogP contribution is -2.51. The molecule has 4 N–H and O–H groups in total. The Bertz CT molecular complexity index is 427. The van der Waals surface area contributed by atoms with Crippen molar-refractivity contribution >= 4 is 22.1 Å². The topological polar surface area (TPSA) is 130 Å². The van der Waals surface area contributed by atoms with Gasteiger partial charge in [0.15, 0.2) is 0 Å². The number of hydrogen-bond donors (Lipinski definition) is 3. The average molecular weight is 279 g/mol. The molecule has 0 aromatic heterocycles. The molecule has 1 aliphatic heterocycles. The summed E-state index contributed by atoms with van der Waals surface area (Å²) in [4.78, 5) is 21.5. The molecule has 1 unspecified atom stereocenters. The molecule has 104 valence electrons. The van der Waals surface area contributed by atoms with E-state index in [2.05, 4.69) is 4.72 Å². The van der Waals surface area contributed by atoms with E-state index in [1.54, 1.807) is 0 Å². The minimum atomic E-state index is -3.79. The first-order chi connectivity index (χ1) is 8.24. The van der Waals surface area contributed by atoms with E-state index in [1.807, 2.05) is 0 Å². The van der Waals surface area contributed by atoms with Gasteiger partial charge < -0.3 is 10.8 Å². The fraction of sp³-hybridized carbons (Fsp3) is 0.778. The third-order valence-corrected chi connectivity index (χ3v) is 4.59. The summed E-state index contributed by atoms with van der Waals surface area (Å²) < 4.78 is 26.9. The van der Waals surface area contributed by atoms with Gasteiger partial charge in [0.2, 0.25) is 5.91 Å². The van der Waals surface area contributed by atoms with E-state index in [-0.39, 0.29) is 25.9 Å². The molecule has 1 amide bonds. The molecule has 1 heterocycles. The summed E-state index contributed by atoms with van der Waals surface area (Å²) in [7, 11) is -3.79. The van der Waals surface area contributed by atoms with Crippen LogP contribution in [0.15, 0.2) is 0 Å². The summed E-state index contributed by atoms with van der Waals surface area (Å²) in [6, 6.07) is -0.993. The number of aliphatic carboxylic acids is 1. The summed E-state index contributed by atoms with van der Waals surface area (Å²) in [6.45, 7) is 1.60. The molecule has 0 saturated carbocycles. The number of rotatable bonds is 5. The van der Waals surface area contributed by atoms with E-state index in [0.29, 0.717) is 0 Å². The van der Waals surface area contributed by atoms with Gasteiger partial charge >= 0.3 is 5.97 Å². The highest BCUT2D eigenvalue weighted by atomic mass is 32.2. The largest absolute Gasteiger partial charge is 0.481 e. The lowest BCUT2D eigenvalue weighted by atomic mass is 9.99. The number of carbonyl (C=O) groups is 2. The van der Waals surface area contributed by atoms with E-state index in [1.165, 1.54) is 6.92 Å². The van der Waals surface area contributed by atoms with Crippen LogP contribution in [-0.2, 0) is 19.8 Å². The predicted molar refractivity (Wildman–Crippen MR) is 62.6 cm³/mol. The van der Waals surface area contributed by atoms with Crippen LogP contribution in [0, 0.1) is 5.92 Å². The van der Waals surface area contributed by atoms with Gasteiger partial charge in [0.25, 0.3) is 10.2 Å². The number of nitrogens with zero attached hydrogens (tertiary/aromatic N) is 1. The Morgan fingerprint density at radius 1 is 1.39 bits per heavy atom. The van der Waals surface area contributed by atoms with Gasteiger partial charge in [-0.2, -0.15) is 17.4 Å². The van der Waals surface area contributed by atoms with Crippen LogP contribution >= 0.6 is 0 Å². The van der Waals surface area contributed by atoms with Crippen LogP contribution < -0.4 is 10.5 Å². The maximum absolute atomic E-state index is 11.8. The van der Waals surface area contributed by atoms with Crippen molar-refractivity contribution in [3.63, 3.8) is 0 Å². The molecule has 9 heteroatoms. The standard InChI is InChI=1S/C9H17N3O5S/c1-6(8(10)13)11-18(16,17)12-4-2-7(3-5-12)9(14)15/h6-7,11H,2-5H2,1H3,(H2,10,13)(H,14,15). The van der Waals surface area contributed by atoms with Crippen molar-refractivity contribution in [1.29, 1.82) is 0 Å². The lowest BCUT2D eigenvalue weighted by Gasteiger charge is -2.29. The van der Waals surface area contributed by atoms with Crippen molar-refractivity contribution in [3.05, 3.63) is 0 Å². The normalized spacial score (nSPS) is 20.5. The van der Waals surface area contributed by atoms with Crippen LogP contribution in [0.1, 0.15) is 19.8 Å². The van der Waals surface area contributed by atoms with Gasteiger partial charge in [-0.05, 0) is 19.8 Å². The highest BCUT2D eigenvalue weighted by Gasteiger charge is 2.32. The molecule has 0 bridgehead atoms. The number of piperidine rings is 1. The van der Waals surface area contributed by atoms with Gasteiger partial charge in [0, 0.05) is 13.1 Å². The molecule has 0 aromatic rings. The van der Waals surface area contributed by atoms with Gasteiger partial charge in [0.05, 0.1) is 12.0 Å². The number of nitrogens with one attached hydrogen (secondary N) is 1. The first kappa shape index (κ1) is 14.9. The number of amides is 1. The second kappa shape index (κ2) is 5.63. The fourth-order valence-corrected chi connectivity index (χ4v) is 3.10. The first-order valence-corrected chi connectivity index (χ1v) is 6.97. The maximum atomic E-state index is 11.8. The molecule has 1 fully saturated rings. The van der Waals surface area contributed by atoms with Gasteiger partial charge in [-0.3, -0.25) is 9.59 Å². The van der Waals surface area contributed by atoms with Crippen molar-refractivity contribution < 1.29 is 23.1 Å². The maximum Gasteiger partial charge on any atom is 0.306 e. The van der Waals surface area contributed by atoms with Gasteiger partial charge in [0.1, 0.15) is 0 Å². The third kappa shape index (κ3) is 3.65. The summed E-state index contributed by atoms with van der Waals surface area (Å²) in [5.41, 5.74) is 4.97. The van der Waals surface area contributed by atoms with Gasteiger partial charge in [-0.25, -0.2) is 0 Å². The zero-order valence-corrected chi connectivity index (χ0v) is 10.8. The van der Waals surface area contributed by atoms with Crippen molar-refractivity contribution in [2.45, 2.75) is 25.8 Å². The number of carboxylic acid groups (broad SMARTS) is 1. The number of hydrogen-bond acceptors (Lipinski definition) is 4. The summed E-state index contributed by atoms with van der Waals surface area (Å²) in [6.07, 6.45) is 0.530. The molecule has 18 heavy (non-hydrogen) atoms. The molecule has 1 rings (SSSR count). The molecule has 1 saturated heterocycles. The Morgan fingerprint density at radius 2 is 1.89 bits per heavy atom. The predicted octanol–water partition coefficient (Wildman–Crippen LogP) is -1.51. The molecular weight excluding hydrogens is 262 g/mol. The van der Waals surface area contributed by atoms with E-state index in [9.17, 15) is 18.0 Å². The molecule has 0 radical (unpaired) electrons. The molecule has 1 atom stereocenters. The van der Waals surface area contributed by atoms with E-state index < -0.39 is 34.0 Å². The smallest absolute Gasteiger partial charge is 0.306 e. The van der Waals surface area contributed by atoms with E-state index in [4.69, 9.17) is 10.8 Å². The number of carboxylic acids is 1. The van der Waals surface area contributed by atoms with Gasteiger partial charge in [-0.15, -0.1) is 0 Å². The highest BCUT2D eigenvalue weighted by molar-refractivity contribution is 7.87. The molecule has 0 aromatic carbocycles. The number of nitrogens with two attached hydrogens (primary N) is 1. The highest BCUT2D eigenvalue weighted by Crippen LogP contribution is 2.19. The quantitative estimate of drug-likeness (QED) is 0.563. The Hall–Kier alpha value is -1.19. The Morgan fingerprint density at radius 3 is 2.28 bits per heavy atom. The van der Waals surface area contributed by atoms with Gasteiger partial charge in [-0.1, -0.05) is 0 Å². The van der Waals surface area contributed by atoms with Crippen molar-refractivity contribution in [3.8, 4) is 0 Å². The zero-order chi connectivity index (χ0) is 13.9. The second-order valence-corrected chi connectivity index (χ2v) is 5.96. The second-order valence-electron chi connectivity index (χ2n) is 4.26. The van der Waals surface area contributed by atoms with Crippen molar-refractivity contribution in [1.82, 2.24) is 9.03 Å². The van der Waals surface area contributed by atoms with Crippen LogP contribution in [0.4, 0.5) is 0 Å². The summed E-state index contributed by atoms with van der Waals surface area (Å²) >= 11 is 0. The van der Waals surface area contributed by atoms with Crippen molar-refractivity contribution in [2.24, 2.45) is 11.7 Å². The molecule has 8 nitrogen and oxygen atoms in total. The minimum Gasteiger partial charge on any atom is -0.481 e. The average Bonchev–Trinajstić information content (AvgIpc) is 2.28. The first-order valence-electron chi connectivity index (χ1n) is 5.53. The summed E-state index contributed by atoms with van der Waals surface area (Å²) in [5.74, 6) is -2.19. The van der Waals surface area contributed by atoms with E-state index >= 15 is 0 Å². The SMILES string of the molecule is CC(NS(=O)(=O)N1CCC(C(=O)O)CC1)C(N)=O. The van der Waals surface area contributed by atoms with Crippen LogP contribution in [0.25, 0.3) is 0 Å². The fourth-order valence-electron chi connectivity index (χ4n) is 1.70. The van der Waals surface area contributed by atoms with Crippen LogP contribution in [0.2, 0.25) is 0 Å². The lowest BCUT2D eigenvalue weighted by molar-refractivity contribution is -0.142.